The molecule has 87 heavy (non-hydrogen) atoms. The smallest absolute Gasteiger partial charge is 0.195 e. The van der Waals surface area contributed by atoms with E-state index in [0.717, 1.165) is 32.0 Å². The highest BCUT2D eigenvalue weighted by atomic mass is 32.1. The van der Waals surface area contributed by atoms with E-state index in [9.17, 15) is 0 Å². The minimum Gasteiger partial charge on any atom is -0.283 e. The zero-order chi connectivity index (χ0) is 59.3. The zero-order valence-electron chi connectivity index (χ0n) is 49.6. The molecule has 4 heterocycles. The van der Waals surface area contributed by atoms with Crippen LogP contribution in [0.3, 0.4) is 0 Å². The van der Waals surface area contributed by atoms with Crippen molar-refractivity contribution in [2.24, 2.45) is 0 Å². The summed E-state index contributed by atoms with van der Waals surface area (Å²) in [6, 6.07) is 114. The Balaban J connectivity index is 0.000000152. The van der Waals surface area contributed by atoms with Crippen molar-refractivity contribution < 1.29 is 0 Å². The van der Waals surface area contributed by atoms with Crippen LogP contribution in [0.15, 0.2) is 309 Å². The third-order valence-electron chi connectivity index (χ3n) is 16.7. The summed E-state index contributed by atoms with van der Waals surface area (Å²) < 4.78 is 7.14. The van der Waals surface area contributed by atoms with Crippen LogP contribution in [0.5, 0.6) is 0 Å². The molecule has 0 aliphatic heterocycles. The SMILES string of the molecule is CC.CC.Cc1cc2sc3nc4ccccc4n3c2cc1-c1cccc([Si](c2ccccc2)(c2ccccc2)c2ccccc2)c1.c1ccc([Si](c2ccccc2)(c2ccccc2)c2cccc(-c3ccc4sc5nc6ccccc6n5c4c3)c2)cc1. The Labute approximate surface area is 519 Å². The molecule has 4 aromatic heterocycles. The highest BCUT2D eigenvalue weighted by Gasteiger charge is 2.43. The fourth-order valence-corrected chi connectivity index (χ4v) is 24.7. The first kappa shape index (κ1) is 56.6. The van der Waals surface area contributed by atoms with Crippen LogP contribution in [0.25, 0.3) is 74.7 Å². The lowest BCUT2D eigenvalue weighted by Gasteiger charge is -2.34. The van der Waals surface area contributed by atoms with Gasteiger partial charge in [0.15, 0.2) is 26.1 Å². The summed E-state index contributed by atoms with van der Waals surface area (Å²) in [4.78, 5) is 11.9. The summed E-state index contributed by atoms with van der Waals surface area (Å²) in [7, 11) is -5.19. The van der Waals surface area contributed by atoms with Gasteiger partial charge in [-0.25, -0.2) is 9.97 Å². The Morgan fingerprint density at radius 2 is 0.609 bits per heavy atom. The van der Waals surface area contributed by atoms with E-state index in [1.165, 1.54) is 89.7 Å². The van der Waals surface area contributed by atoms with Gasteiger partial charge in [0.25, 0.3) is 0 Å². The quantitative estimate of drug-likeness (QED) is 0.101. The molecule has 0 radical (unpaired) electrons. The van der Waals surface area contributed by atoms with Gasteiger partial charge in [-0.3, -0.25) is 8.80 Å². The van der Waals surface area contributed by atoms with Gasteiger partial charge in [-0.15, -0.1) is 0 Å². The summed E-state index contributed by atoms with van der Waals surface area (Å²) in [6.07, 6.45) is 0. The lowest BCUT2D eigenvalue weighted by molar-refractivity contribution is 1.34. The molecule has 0 saturated heterocycles. The second-order valence-corrected chi connectivity index (χ2v) is 31.0. The maximum atomic E-state index is 4.92. The molecule has 0 N–H and O–H groups in total. The molecule has 0 aliphatic carbocycles. The minimum atomic E-state index is -2.60. The van der Waals surface area contributed by atoms with Crippen molar-refractivity contribution in [2.45, 2.75) is 34.6 Å². The van der Waals surface area contributed by atoms with E-state index in [1.54, 1.807) is 22.7 Å². The highest BCUT2D eigenvalue weighted by molar-refractivity contribution is 7.24. The van der Waals surface area contributed by atoms with Crippen LogP contribution in [0.4, 0.5) is 0 Å². The number of imidazole rings is 2. The number of fused-ring (bicyclic) bond motifs is 10. The van der Waals surface area contributed by atoms with Gasteiger partial charge in [-0.1, -0.05) is 311 Å². The van der Waals surface area contributed by atoms with E-state index >= 15 is 0 Å². The maximum absolute atomic E-state index is 4.92. The average Bonchev–Trinajstić information content (AvgIpc) is 1.24. The monoisotopic (exact) mass is 1190 g/mol. The molecule has 0 aliphatic rings. The normalized spacial score (nSPS) is 11.5. The Morgan fingerprint density at radius 3 is 1.03 bits per heavy atom. The average molecular weight is 1190 g/mol. The molecule has 0 bridgehead atoms. The van der Waals surface area contributed by atoms with Crippen molar-refractivity contribution >= 4 is 133 Å². The van der Waals surface area contributed by atoms with Crippen molar-refractivity contribution in [2.75, 3.05) is 0 Å². The summed E-state index contributed by atoms with van der Waals surface area (Å²) in [5, 5.41) is 11.1. The second kappa shape index (κ2) is 24.8. The van der Waals surface area contributed by atoms with Gasteiger partial charge in [0.05, 0.1) is 42.5 Å². The summed E-state index contributed by atoms with van der Waals surface area (Å²) in [5.74, 6) is 0. The van der Waals surface area contributed by atoms with E-state index in [-0.39, 0.29) is 0 Å². The van der Waals surface area contributed by atoms with Gasteiger partial charge in [-0.2, -0.15) is 0 Å². The molecule has 8 heteroatoms. The predicted octanol–water partition coefficient (Wildman–Crippen LogP) is 15.9. The van der Waals surface area contributed by atoms with Crippen molar-refractivity contribution in [3.05, 3.63) is 315 Å². The number of benzene rings is 12. The van der Waals surface area contributed by atoms with Gasteiger partial charge in [-0.05, 0) is 125 Å². The Morgan fingerprint density at radius 1 is 0.276 bits per heavy atom. The largest absolute Gasteiger partial charge is 0.283 e. The first-order chi connectivity index (χ1) is 43.1. The van der Waals surface area contributed by atoms with E-state index in [1.807, 2.05) is 27.7 Å². The predicted molar refractivity (Wildman–Crippen MR) is 382 cm³/mol. The van der Waals surface area contributed by atoms with Crippen LogP contribution >= 0.6 is 22.7 Å². The van der Waals surface area contributed by atoms with Crippen LogP contribution in [-0.4, -0.2) is 34.9 Å². The number of nitrogens with zero attached hydrogens (tertiary/aromatic N) is 4. The van der Waals surface area contributed by atoms with E-state index in [4.69, 9.17) is 9.97 Å². The second-order valence-electron chi connectivity index (χ2n) is 21.3. The van der Waals surface area contributed by atoms with Crippen LogP contribution in [0, 0.1) is 6.92 Å². The Bertz CT molecular complexity index is 4790. The first-order valence-corrected chi connectivity index (χ1v) is 35.8. The third kappa shape index (κ3) is 10.0. The molecule has 422 valence electrons. The molecule has 4 nitrogen and oxygen atoms in total. The van der Waals surface area contributed by atoms with Crippen LogP contribution < -0.4 is 41.5 Å². The fourth-order valence-electron chi connectivity index (χ4n) is 13.0. The van der Waals surface area contributed by atoms with Crippen molar-refractivity contribution in [1.82, 2.24) is 18.8 Å². The number of para-hydroxylation sites is 4. The minimum absolute atomic E-state index is 1.04. The molecule has 0 saturated carbocycles. The van der Waals surface area contributed by atoms with Crippen molar-refractivity contribution in [3.8, 4) is 22.3 Å². The van der Waals surface area contributed by atoms with Crippen molar-refractivity contribution in [3.63, 3.8) is 0 Å². The van der Waals surface area contributed by atoms with Gasteiger partial charge in [0.2, 0.25) is 0 Å². The molecular formula is C79H66N4S2Si2. The number of aryl methyl sites for hydroxylation is 1. The van der Waals surface area contributed by atoms with Crippen LogP contribution in [0.2, 0.25) is 0 Å². The van der Waals surface area contributed by atoms with Gasteiger partial charge < -0.3 is 0 Å². The van der Waals surface area contributed by atoms with Crippen molar-refractivity contribution in [1.29, 1.82) is 0 Å². The lowest BCUT2D eigenvalue weighted by atomic mass is 10.0. The summed E-state index contributed by atoms with van der Waals surface area (Å²) in [6.45, 7) is 10.2. The van der Waals surface area contributed by atoms with Gasteiger partial charge in [0, 0.05) is 0 Å². The first-order valence-electron chi connectivity index (χ1n) is 30.2. The highest BCUT2D eigenvalue weighted by Crippen LogP contribution is 2.36. The van der Waals surface area contributed by atoms with Crippen LogP contribution in [0.1, 0.15) is 33.3 Å². The Hall–Kier alpha value is -9.55. The van der Waals surface area contributed by atoms with E-state index < -0.39 is 16.1 Å². The molecule has 12 aromatic carbocycles. The number of thiazole rings is 2. The summed E-state index contributed by atoms with van der Waals surface area (Å²) in [5.41, 5.74) is 13.0. The Kier molecular flexibility index (Phi) is 16.1. The molecule has 0 unspecified atom stereocenters. The topological polar surface area (TPSA) is 34.6 Å². The number of rotatable bonds is 10. The molecule has 16 aromatic rings. The fraction of sp³-hybridized carbons (Fsp3) is 0.0633. The summed E-state index contributed by atoms with van der Waals surface area (Å²) >= 11 is 3.51. The zero-order valence-corrected chi connectivity index (χ0v) is 53.2. The molecule has 0 spiro atoms. The molecule has 0 amide bonds. The number of hydrogen-bond donors (Lipinski definition) is 0. The number of hydrogen-bond acceptors (Lipinski definition) is 4. The van der Waals surface area contributed by atoms with E-state index in [0.29, 0.717) is 0 Å². The molecule has 0 fully saturated rings. The van der Waals surface area contributed by atoms with Crippen LogP contribution in [-0.2, 0) is 0 Å². The van der Waals surface area contributed by atoms with Gasteiger partial charge >= 0.3 is 0 Å². The molecular weight excluding hydrogens is 1130 g/mol. The number of aromatic nitrogens is 4. The molecule has 0 atom stereocenters. The van der Waals surface area contributed by atoms with Gasteiger partial charge in [0.1, 0.15) is 0 Å². The lowest BCUT2D eigenvalue weighted by Crippen LogP contribution is -2.74. The maximum Gasteiger partial charge on any atom is 0.195 e. The third-order valence-corrected chi connectivity index (χ3v) is 28.3. The standard InChI is InChI=1S/C38H28N2SSi.C37H26N2SSi.2C2H6/c1-27-24-37-36(40-35-23-12-11-22-34(35)39-38(40)41-37)26-33(27)28-14-13-21-32(25-28)42(29-15-5-2-6-16-29,30-17-7-3-8-18-30)31-19-9-4-10-20-31;1-4-14-29(15-5-1)41(30-16-6-2-7-17-30,31-18-8-3-9-19-31)32-20-12-13-27(25-32)28-23-24-36-35(26-28)39-34-22-11-10-21-33(34)38-37(39)40-36;2*1-2/h2-26H,1H3;1-26H;2*1-2H3. The molecule has 16 rings (SSSR count). The van der Waals surface area contributed by atoms with E-state index in [2.05, 4.69) is 325 Å².